The van der Waals surface area contributed by atoms with Gasteiger partial charge in [0, 0.05) is 0 Å². The van der Waals surface area contributed by atoms with Gasteiger partial charge in [0.15, 0.2) is 0 Å². The van der Waals surface area contributed by atoms with Gasteiger partial charge < -0.3 is 0 Å². The van der Waals surface area contributed by atoms with Gasteiger partial charge in [0.25, 0.3) is 0 Å². The van der Waals surface area contributed by atoms with Crippen LogP contribution in [-0.2, 0) is 0 Å². The molecule has 0 fully saturated rings. The van der Waals surface area contributed by atoms with Crippen LogP contribution in [0.15, 0.2) is 0 Å². The molecule has 0 aromatic carbocycles. The summed E-state index contributed by atoms with van der Waals surface area (Å²) >= 11 is 6.44. The average molecular weight is 210 g/mol. The minimum atomic E-state index is 0. The average Bonchev–Trinajstić information content (AvgIpc) is 0.918. The standard InChI is InChI=1S/2BrH.2Mg.2H/h2*1H;;;;/q;;;+2;;/p-2. The molecule has 4 heavy (non-hydrogen) atoms. The molecule has 0 radical (unpaired) electrons. The third kappa shape index (κ3) is 8.82. The molecule has 0 unspecified atom stereocenters. The van der Waals surface area contributed by atoms with Crippen LogP contribution in [0.3, 0.4) is 0 Å². The van der Waals surface area contributed by atoms with E-state index in [0.717, 1.165) is 0 Å². The zero-order chi connectivity index (χ0) is 2.71. The van der Waals surface area contributed by atoms with Gasteiger partial charge in [0.2, 0.25) is 0 Å². The highest BCUT2D eigenvalue weighted by molar-refractivity contribution is 9.47. The van der Waals surface area contributed by atoms with Crippen LogP contribution in [0.5, 0.6) is 0 Å². The van der Waals surface area contributed by atoms with Crippen molar-refractivity contribution in [2.45, 2.75) is 0 Å². The van der Waals surface area contributed by atoms with Gasteiger partial charge in [-0.2, -0.15) is 0 Å². The minimum absolute atomic E-state index is 0. The summed E-state index contributed by atoms with van der Waals surface area (Å²) in [6.45, 7) is 0. The van der Waals surface area contributed by atoms with Crippen LogP contribution >= 0.6 is 25.8 Å². The lowest BCUT2D eigenvalue weighted by atomic mass is 24.3. The SMILES string of the molecule is [Br][Mg][Br].[MgH2]. The lowest BCUT2D eigenvalue weighted by molar-refractivity contribution is 5.22. The van der Waals surface area contributed by atoms with Crippen molar-refractivity contribution in [1.82, 2.24) is 0 Å². The maximum Gasteiger partial charge on any atom is 0.560 e. The van der Waals surface area contributed by atoms with E-state index in [2.05, 4.69) is 25.8 Å². The molecule has 4 heteroatoms. The van der Waals surface area contributed by atoms with E-state index in [9.17, 15) is 0 Å². The zero-order valence-corrected chi connectivity index (χ0v) is 6.05. The molecule has 0 nitrogen and oxygen atoms in total. The molecular weight excluding hydrogens is 208 g/mol. The highest BCUT2D eigenvalue weighted by Crippen LogP contribution is 1.77. The van der Waals surface area contributed by atoms with E-state index in [0.29, 0.717) is 0 Å². The third-order valence-electron chi connectivity index (χ3n) is 0. The topological polar surface area (TPSA) is 0 Å². The van der Waals surface area contributed by atoms with Gasteiger partial charge >= 0.3 is 39.1 Å². The Morgan fingerprint density at radius 2 is 1.25 bits per heavy atom. The second-order valence-corrected chi connectivity index (χ2v) is 8.18. The summed E-state index contributed by atoms with van der Waals surface area (Å²) in [5.41, 5.74) is 0. The molecule has 0 aliphatic rings. The van der Waals surface area contributed by atoms with Crippen molar-refractivity contribution in [2.75, 3.05) is 0 Å². The smallest absolute Gasteiger partial charge is 0.280 e. The molecule has 0 aromatic rings. The van der Waals surface area contributed by atoms with E-state index < -0.39 is 0 Å². The Bertz CT molecular complexity index is 4.00. The van der Waals surface area contributed by atoms with Gasteiger partial charge in [-0.3, -0.25) is 25.8 Å². The lowest BCUT2D eigenvalue weighted by Gasteiger charge is -1.33. The Morgan fingerprint density at radius 3 is 1.25 bits per heavy atom. The quantitative estimate of drug-likeness (QED) is 0.508. The monoisotopic (exact) mass is 208 g/mol. The van der Waals surface area contributed by atoms with Crippen molar-refractivity contribution < 1.29 is 0 Å². The summed E-state index contributed by atoms with van der Waals surface area (Å²) in [5, 5.41) is 0. The molecule has 0 aromatic heterocycles. The molecule has 0 rings (SSSR count). The lowest BCUT2D eigenvalue weighted by Crippen LogP contribution is -1.31. The van der Waals surface area contributed by atoms with Crippen LogP contribution in [0.25, 0.3) is 0 Å². The number of halogens is 2. The molecule has 0 amide bonds. The third-order valence-corrected chi connectivity index (χ3v) is 0. The highest BCUT2D eigenvalue weighted by Gasteiger charge is 1.62. The number of rotatable bonds is 0. The van der Waals surface area contributed by atoms with E-state index in [-0.39, 0.29) is 39.1 Å². The van der Waals surface area contributed by atoms with Gasteiger partial charge in [0.05, 0.1) is 0 Å². The van der Waals surface area contributed by atoms with Gasteiger partial charge in [0.1, 0.15) is 0 Å². The summed E-state index contributed by atoms with van der Waals surface area (Å²) in [5.74, 6) is 0. The van der Waals surface area contributed by atoms with Crippen LogP contribution in [0.1, 0.15) is 0 Å². The fourth-order valence-corrected chi connectivity index (χ4v) is 0. The second kappa shape index (κ2) is 9.09. The zero-order valence-electron chi connectivity index (χ0n) is 1.46. The molecule has 0 N–H and O–H groups in total. The molecular formula is H2Br2Mg2. The Hall–Kier alpha value is 2.49. The molecule has 0 aliphatic carbocycles. The summed E-state index contributed by atoms with van der Waals surface area (Å²) < 4.78 is 0. The molecule has 0 saturated carbocycles. The van der Waals surface area contributed by atoms with Gasteiger partial charge in [-0.15, -0.1) is 0 Å². The summed E-state index contributed by atoms with van der Waals surface area (Å²) in [6.07, 6.45) is 0. The van der Waals surface area contributed by atoms with Crippen LogP contribution in [0.4, 0.5) is 0 Å². The van der Waals surface area contributed by atoms with Crippen molar-refractivity contribution in [1.29, 1.82) is 0 Å². The fourth-order valence-electron chi connectivity index (χ4n) is 0. The van der Waals surface area contributed by atoms with Crippen molar-refractivity contribution in [3.63, 3.8) is 0 Å². The highest BCUT2D eigenvalue weighted by atomic mass is 79.9. The van der Waals surface area contributed by atoms with Crippen molar-refractivity contribution in [3.8, 4) is 0 Å². The normalized spacial score (nSPS) is 2.50. The first-order valence-corrected chi connectivity index (χ1v) is 8.33. The molecule has 0 bridgehead atoms. The summed E-state index contributed by atoms with van der Waals surface area (Å²) in [4.78, 5) is 0. The number of hydrogen-bond donors (Lipinski definition) is 0. The van der Waals surface area contributed by atoms with Crippen molar-refractivity contribution in [3.05, 3.63) is 0 Å². The molecule has 0 spiro atoms. The minimum Gasteiger partial charge on any atom is -0.280 e. The van der Waals surface area contributed by atoms with Gasteiger partial charge in [-0.25, -0.2) is 0 Å². The first-order chi connectivity index (χ1) is 1.41. The Kier molecular flexibility index (Phi) is 22.0. The Balaban J connectivity index is 0. The predicted molar refractivity (Wildman–Crippen MR) is 32.2 cm³/mol. The molecule has 0 saturated heterocycles. The van der Waals surface area contributed by atoms with E-state index in [1.54, 1.807) is 0 Å². The first-order valence-electron chi connectivity index (χ1n) is 0.535. The molecule has 0 atom stereocenters. The van der Waals surface area contributed by atoms with E-state index >= 15 is 0 Å². The first kappa shape index (κ1) is 9.70. The Morgan fingerprint density at radius 1 is 1.25 bits per heavy atom. The summed E-state index contributed by atoms with van der Waals surface area (Å²) in [6, 6.07) is 0. The summed E-state index contributed by atoms with van der Waals surface area (Å²) in [7, 11) is 0. The van der Waals surface area contributed by atoms with Crippen LogP contribution in [0, 0.1) is 0 Å². The Labute approximate surface area is 63.7 Å². The largest absolute Gasteiger partial charge is 0.560 e. The van der Waals surface area contributed by atoms with Crippen LogP contribution < -0.4 is 0 Å². The van der Waals surface area contributed by atoms with Crippen molar-refractivity contribution >= 4 is 64.8 Å². The molecule has 0 aliphatic heterocycles. The van der Waals surface area contributed by atoms with Gasteiger partial charge in [-0.1, -0.05) is 0 Å². The molecule has 20 valence electrons. The van der Waals surface area contributed by atoms with Gasteiger partial charge in [-0.05, 0) is 0 Å². The molecule has 0 heterocycles. The fraction of sp³-hybridized carbons (Fsp3) is 0. The van der Waals surface area contributed by atoms with Crippen molar-refractivity contribution in [2.24, 2.45) is 0 Å². The van der Waals surface area contributed by atoms with E-state index in [4.69, 9.17) is 0 Å². The van der Waals surface area contributed by atoms with Crippen LogP contribution in [0.2, 0.25) is 0 Å². The predicted octanol–water partition coefficient (Wildman–Crippen LogP) is 0.394. The maximum absolute atomic E-state index is 3.20. The van der Waals surface area contributed by atoms with Crippen LogP contribution in [-0.4, -0.2) is 39.1 Å². The number of hydrogen-bond acceptors (Lipinski definition) is 0. The van der Waals surface area contributed by atoms with E-state index in [1.165, 1.54) is 0 Å². The van der Waals surface area contributed by atoms with E-state index in [1.807, 2.05) is 0 Å². The maximum atomic E-state index is 3.20. The second-order valence-electron chi connectivity index (χ2n) is 0.101.